The molecular weight excluding hydrogens is 731 g/mol. The number of pyridine rings is 2. The van der Waals surface area contributed by atoms with Gasteiger partial charge in [-0.1, -0.05) is 50.0 Å². The number of aromatic amines is 1. The number of hydrogen-bond acceptors (Lipinski definition) is 7. The molecule has 0 saturated carbocycles. The number of nitrogens with one attached hydrogen (secondary N) is 3. The number of H-pyrrole nitrogens is 1. The zero-order valence-electron chi connectivity index (χ0n) is 32.6. The summed E-state index contributed by atoms with van der Waals surface area (Å²) in [6.45, 7) is 4.83. The standard InChI is InChI=1S/C46H41N7O5/c1-26(2)33-19-30(20-34-36(24-50-42(33)34)45(57)52(3)4)31-12-8-11-28-21-39(49-23-35(28)31)29-14-15-38(48-22-29)43(55)47-18-6-5-9-27-10-7-13-32-37(27)25-53(46(32)58)40-16-17-41(54)51-44(40)56/h7-8,10-15,19-24,26,40,50H,6,16-18,25H2,1-4H3,(H,47,55)(H,51,54,56). The zero-order valence-corrected chi connectivity index (χ0v) is 32.6. The Kier molecular flexibility index (Phi) is 10.0. The van der Waals surface area contributed by atoms with Crippen LogP contribution in [-0.4, -0.2) is 81.0 Å². The van der Waals surface area contributed by atoms with Gasteiger partial charge in [0, 0.05) is 91.6 Å². The van der Waals surface area contributed by atoms with Crippen molar-refractivity contribution in [2.45, 2.75) is 51.6 Å². The van der Waals surface area contributed by atoms with Crippen LogP contribution < -0.4 is 10.6 Å². The predicted molar refractivity (Wildman–Crippen MR) is 221 cm³/mol. The van der Waals surface area contributed by atoms with E-state index in [4.69, 9.17) is 4.98 Å². The quantitative estimate of drug-likeness (QED) is 0.0945. The molecule has 2 aliphatic heterocycles. The summed E-state index contributed by atoms with van der Waals surface area (Å²) in [5, 5.41) is 8.05. The molecule has 8 rings (SSSR count). The van der Waals surface area contributed by atoms with Crippen LogP contribution in [0.25, 0.3) is 44.1 Å². The van der Waals surface area contributed by atoms with Crippen LogP contribution in [0.4, 0.5) is 0 Å². The van der Waals surface area contributed by atoms with E-state index in [1.807, 2.05) is 36.5 Å². The first-order chi connectivity index (χ1) is 28.0. The second kappa shape index (κ2) is 15.4. The maximum absolute atomic E-state index is 13.1. The summed E-state index contributed by atoms with van der Waals surface area (Å²) in [4.78, 5) is 78.8. The average molecular weight is 772 g/mol. The summed E-state index contributed by atoms with van der Waals surface area (Å²) in [5.74, 6) is 5.02. The summed E-state index contributed by atoms with van der Waals surface area (Å²) in [5.41, 5.74) is 8.44. The molecule has 5 heterocycles. The number of nitrogens with zero attached hydrogens (tertiary/aromatic N) is 4. The molecule has 6 aromatic rings. The Bertz CT molecular complexity index is 2740. The molecule has 5 amide bonds. The minimum Gasteiger partial charge on any atom is -0.360 e. The maximum Gasteiger partial charge on any atom is 0.269 e. The van der Waals surface area contributed by atoms with Crippen molar-refractivity contribution in [1.82, 2.24) is 35.4 Å². The highest BCUT2D eigenvalue weighted by Crippen LogP contribution is 2.37. The van der Waals surface area contributed by atoms with Crippen molar-refractivity contribution in [2.24, 2.45) is 0 Å². The summed E-state index contributed by atoms with van der Waals surface area (Å²) in [6, 6.07) is 20.5. The van der Waals surface area contributed by atoms with Crippen LogP contribution in [0.3, 0.4) is 0 Å². The molecule has 0 aliphatic carbocycles. The summed E-state index contributed by atoms with van der Waals surface area (Å²) in [6.07, 6.45) is 6.15. The van der Waals surface area contributed by atoms with E-state index in [0.29, 0.717) is 36.1 Å². The third-order valence-electron chi connectivity index (χ3n) is 10.8. The Morgan fingerprint density at radius 1 is 0.948 bits per heavy atom. The largest absolute Gasteiger partial charge is 0.360 e. The minimum absolute atomic E-state index is 0.0559. The Balaban J connectivity index is 0.931. The number of carbonyl (C=O) groups is 5. The van der Waals surface area contributed by atoms with Gasteiger partial charge in [0.05, 0.1) is 11.3 Å². The van der Waals surface area contributed by atoms with E-state index in [0.717, 1.165) is 55.2 Å². The SMILES string of the molecule is CC(C)c1cc(-c2cccc3cc(-c4ccc(C(=O)NCCC#Cc5cccc6c5CN(C5CCC(=O)NC5=O)C6=O)nc4)ncc23)cc2c(C(=O)N(C)C)c[nH]c12. The molecule has 3 aromatic heterocycles. The lowest BCUT2D eigenvalue weighted by Crippen LogP contribution is -2.52. The van der Waals surface area contributed by atoms with E-state index in [-0.39, 0.29) is 48.2 Å². The minimum atomic E-state index is -0.693. The van der Waals surface area contributed by atoms with Crippen LogP contribution in [0, 0.1) is 11.8 Å². The fourth-order valence-electron chi connectivity index (χ4n) is 7.74. The first-order valence-electron chi connectivity index (χ1n) is 19.2. The van der Waals surface area contributed by atoms with E-state index in [1.54, 1.807) is 49.6 Å². The Morgan fingerprint density at radius 2 is 1.76 bits per heavy atom. The second-order valence-electron chi connectivity index (χ2n) is 15.1. The molecule has 12 heteroatoms. The lowest BCUT2D eigenvalue weighted by molar-refractivity contribution is -0.136. The number of aromatic nitrogens is 3. The van der Waals surface area contributed by atoms with Crippen molar-refractivity contribution < 1.29 is 24.0 Å². The summed E-state index contributed by atoms with van der Waals surface area (Å²) < 4.78 is 0. The molecule has 290 valence electrons. The highest BCUT2D eigenvalue weighted by Gasteiger charge is 2.39. The van der Waals surface area contributed by atoms with E-state index in [1.165, 1.54) is 4.90 Å². The van der Waals surface area contributed by atoms with Crippen molar-refractivity contribution in [3.63, 3.8) is 0 Å². The van der Waals surface area contributed by atoms with Gasteiger partial charge in [0.15, 0.2) is 0 Å². The third-order valence-corrected chi connectivity index (χ3v) is 10.8. The van der Waals surface area contributed by atoms with Crippen molar-refractivity contribution in [1.29, 1.82) is 0 Å². The van der Waals surface area contributed by atoms with Crippen LogP contribution in [0.5, 0.6) is 0 Å². The van der Waals surface area contributed by atoms with E-state index < -0.39 is 11.9 Å². The van der Waals surface area contributed by atoms with Crippen molar-refractivity contribution in [2.75, 3.05) is 20.6 Å². The molecule has 12 nitrogen and oxygen atoms in total. The second-order valence-corrected chi connectivity index (χ2v) is 15.1. The van der Waals surface area contributed by atoms with Gasteiger partial charge in [-0.2, -0.15) is 0 Å². The fraction of sp³-hybridized carbons (Fsp3) is 0.239. The molecule has 0 radical (unpaired) electrons. The Hall–Kier alpha value is -7.13. The van der Waals surface area contributed by atoms with E-state index >= 15 is 0 Å². The molecule has 1 saturated heterocycles. The van der Waals surface area contributed by atoms with Gasteiger partial charge in [0.2, 0.25) is 11.8 Å². The molecule has 1 fully saturated rings. The number of hydrogen-bond donors (Lipinski definition) is 3. The van der Waals surface area contributed by atoms with Crippen LogP contribution in [0.2, 0.25) is 0 Å². The average Bonchev–Trinajstić information content (AvgIpc) is 3.80. The fourth-order valence-corrected chi connectivity index (χ4v) is 7.74. The molecule has 2 aliphatic rings. The van der Waals surface area contributed by atoms with Gasteiger partial charge in [-0.25, -0.2) is 0 Å². The number of rotatable bonds is 8. The van der Waals surface area contributed by atoms with Gasteiger partial charge in [-0.3, -0.25) is 39.3 Å². The van der Waals surface area contributed by atoms with Gasteiger partial charge >= 0.3 is 0 Å². The van der Waals surface area contributed by atoms with Crippen LogP contribution in [-0.2, 0) is 16.1 Å². The monoisotopic (exact) mass is 771 g/mol. The number of benzene rings is 3. The number of fused-ring (bicyclic) bond motifs is 3. The molecule has 0 spiro atoms. The number of piperidine rings is 1. The predicted octanol–water partition coefficient (Wildman–Crippen LogP) is 6.20. The summed E-state index contributed by atoms with van der Waals surface area (Å²) in [7, 11) is 3.51. The number of amides is 5. The first kappa shape index (κ1) is 37.8. The highest BCUT2D eigenvalue weighted by molar-refractivity contribution is 6.10. The normalized spacial score (nSPS) is 15.0. The topological polar surface area (TPSA) is 157 Å². The van der Waals surface area contributed by atoms with Gasteiger partial charge < -0.3 is 20.1 Å². The van der Waals surface area contributed by atoms with Gasteiger partial charge in [-0.05, 0) is 82.4 Å². The first-order valence-corrected chi connectivity index (χ1v) is 19.2. The number of carbonyl (C=O) groups excluding carboxylic acids is 5. The Labute approximate surface area is 335 Å². The van der Waals surface area contributed by atoms with E-state index in [2.05, 4.69) is 64.5 Å². The maximum atomic E-state index is 13.1. The lowest BCUT2D eigenvalue weighted by atomic mass is 9.91. The third kappa shape index (κ3) is 7.07. The zero-order chi connectivity index (χ0) is 40.7. The molecule has 0 bridgehead atoms. The molecule has 1 atom stereocenters. The van der Waals surface area contributed by atoms with Crippen LogP contribution >= 0.6 is 0 Å². The smallest absolute Gasteiger partial charge is 0.269 e. The number of imide groups is 1. The summed E-state index contributed by atoms with van der Waals surface area (Å²) >= 11 is 0. The van der Waals surface area contributed by atoms with Gasteiger partial charge in [-0.15, -0.1) is 0 Å². The molecule has 1 unspecified atom stereocenters. The van der Waals surface area contributed by atoms with Crippen LogP contribution in [0.15, 0.2) is 85.3 Å². The molecule has 58 heavy (non-hydrogen) atoms. The molecular formula is C46H41N7O5. The van der Waals surface area contributed by atoms with E-state index in [9.17, 15) is 24.0 Å². The molecule has 3 aromatic carbocycles. The van der Waals surface area contributed by atoms with Crippen molar-refractivity contribution >= 4 is 51.2 Å². The Morgan fingerprint density at radius 3 is 2.52 bits per heavy atom. The van der Waals surface area contributed by atoms with Crippen molar-refractivity contribution in [3.05, 3.63) is 119 Å². The van der Waals surface area contributed by atoms with Crippen molar-refractivity contribution in [3.8, 4) is 34.2 Å². The molecule has 3 N–H and O–H groups in total. The van der Waals surface area contributed by atoms with Gasteiger partial charge in [0.25, 0.3) is 17.7 Å². The lowest BCUT2D eigenvalue weighted by Gasteiger charge is -2.29. The van der Waals surface area contributed by atoms with Gasteiger partial charge in [0.1, 0.15) is 11.7 Å². The van der Waals surface area contributed by atoms with Crippen LogP contribution in [0.1, 0.15) is 86.9 Å². The highest BCUT2D eigenvalue weighted by atomic mass is 16.2.